The van der Waals surface area contributed by atoms with Crippen molar-refractivity contribution in [1.82, 2.24) is 9.88 Å². The Bertz CT molecular complexity index is 616. The number of hydrazine groups is 1. The largest absolute Gasteiger partial charge is 0.380 e. The lowest BCUT2D eigenvalue weighted by Crippen LogP contribution is -2.38. The Morgan fingerprint density at radius 3 is 3.10 bits per heavy atom. The first-order chi connectivity index (χ1) is 10.3. The van der Waals surface area contributed by atoms with Gasteiger partial charge in [-0.1, -0.05) is 18.2 Å². The number of hydrogen-bond acceptors (Lipinski definition) is 5. The molecule has 5 nitrogen and oxygen atoms in total. The number of nitrogens with one attached hydrogen (secondary N) is 1. The van der Waals surface area contributed by atoms with Crippen molar-refractivity contribution in [3.05, 3.63) is 35.9 Å². The summed E-state index contributed by atoms with van der Waals surface area (Å²) in [5.74, 6) is 6.40. The molecule has 0 radical (unpaired) electrons. The molecule has 0 saturated carbocycles. The highest BCUT2D eigenvalue weighted by Crippen LogP contribution is 2.23. The molecular weight excluding hydrogens is 264 g/mol. The summed E-state index contributed by atoms with van der Waals surface area (Å²) in [6.07, 6.45) is 2.65. The number of ether oxygens (including phenoxy) is 1. The van der Waals surface area contributed by atoms with Crippen LogP contribution in [-0.2, 0) is 11.3 Å². The second-order valence-electron chi connectivity index (χ2n) is 5.57. The van der Waals surface area contributed by atoms with Crippen LogP contribution in [0.25, 0.3) is 10.9 Å². The van der Waals surface area contributed by atoms with Crippen molar-refractivity contribution in [2.75, 3.05) is 25.6 Å². The van der Waals surface area contributed by atoms with Gasteiger partial charge in [0.2, 0.25) is 0 Å². The summed E-state index contributed by atoms with van der Waals surface area (Å²) in [6.45, 7) is 2.90. The van der Waals surface area contributed by atoms with Crippen LogP contribution in [0, 0.1) is 0 Å². The average Bonchev–Trinajstić information content (AvgIpc) is 2.54. The average molecular weight is 286 g/mol. The number of nitrogens with zero attached hydrogens (tertiary/aromatic N) is 2. The summed E-state index contributed by atoms with van der Waals surface area (Å²) in [6, 6.07) is 10.3. The maximum Gasteiger partial charge on any atom is 0.145 e. The molecule has 1 atom stereocenters. The lowest BCUT2D eigenvalue weighted by Gasteiger charge is -2.32. The van der Waals surface area contributed by atoms with Gasteiger partial charge in [0.1, 0.15) is 5.82 Å². The minimum Gasteiger partial charge on any atom is -0.380 e. The zero-order valence-electron chi connectivity index (χ0n) is 12.4. The van der Waals surface area contributed by atoms with E-state index in [1.165, 1.54) is 6.42 Å². The fourth-order valence-corrected chi connectivity index (χ4v) is 3.00. The molecule has 0 aliphatic carbocycles. The molecule has 21 heavy (non-hydrogen) atoms. The lowest BCUT2D eigenvalue weighted by molar-refractivity contribution is 0.0286. The third-order valence-corrected chi connectivity index (χ3v) is 4.13. The van der Waals surface area contributed by atoms with E-state index in [1.54, 1.807) is 7.11 Å². The van der Waals surface area contributed by atoms with Crippen molar-refractivity contribution in [3.63, 3.8) is 0 Å². The van der Waals surface area contributed by atoms with Gasteiger partial charge < -0.3 is 10.2 Å². The number of nitrogens with two attached hydrogens (primary N) is 1. The second kappa shape index (κ2) is 6.39. The van der Waals surface area contributed by atoms with Gasteiger partial charge in [-0.15, -0.1) is 0 Å². The fraction of sp³-hybridized carbons (Fsp3) is 0.438. The number of aromatic nitrogens is 1. The molecule has 1 aromatic carbocycles. The van der Waals surface area contributed by atoms with Gasteiger partial charge in [0.25, 0.3) is 0 Å². The monoisotopic (exact) mass is 286 g/mol. The van der Waals surface area contributed by atoms with Crippen molar-refractivity contribution < 1.29 is 4.74 Å². The van der Waals surface area contributed by atoms with Gasteiger partial charge in [-0.2, -0.15) is 0 Å². The Kier molecular flexibility index (Phi) is 4.34. The summed E-state index contributed by atoms with van der Waals surface area (Å²) in [7, 11) is 1.79. The highest BCUT2D eigenvalue weighted by atomic mass is 16.5. The molecule has 1 fully saturated rings. The van der Waals surface area contributed by atoms with Crippen molar-refractivity contribution >= 4 is 16.7 Å². The number of nitrogen functional groups attached to an aromatic ring is 1. The molecule has 5 heteroatoms. The van der Waals surface area contributed by atoms with Crippen LogP contribution >= 0.6 is 0 Å². The third-order valence-electron chi connectivity index (χ3n) is 4.13. The highest BCUT2D eigenvalue weighted by molar-refractivity contribution is 5.81. The number of fused-ring (bicyclic) bond motifs is 1. The van der Waals surface area contributed by atoms with Crippen molar-refractivity contribution in [1.29, 1.82) is 0 Å². The van der Waals surface area contributed by atoms with Crippen molar-refractivity contribution in [3.8, 4) is 0 Å². The van der Waals surface area contributed by atoms with Gasteiger partial charge in [-0.05, 0) is 31.5 Å². The molecule has 1 aromatic heterocycles. The minimum atomic E-state index is 0.335. The molecule has 2 aromatic rings. The number of benzene rings is 1. The Balaban J connectivity index is 1.85. The van der Waals surface area contributed by atoms with E-state index in [0.29, 0.717) is 6.10 Å². The molecule has 1 aliphatic rings. The van der Waals surface area contributed by atoms with Crippen LogP contribution in [0.2, 0.25) is 0 Å². The van der Waals surface area contributed by atoms with Crippen LogP contribution in [0.4, 0.5) is 5.82 Å². The maximum atomic E-state index is 5.64. The van der Waals surface area contributed by atoms with Crippen LogP contribution in [0.3, 0.4) is 0 Å². The zero-order chi connectivity index (χ0) is 14.7. The van der Waals surface area contributed by atoms with Crippen LogP contribution in [0.15, 0.2) is 30.3 Å². The van der Waals surface area contributed by atoms with E-state index in [4.69, 9.17) is 10.6 Å². The molecule has 112 valence electrons. The summed E-state index contributed by atoms with van der Waals surface area (Å²) >= 11 is 0. The summed E-state index contributed by atoms with van der Waals surface area (Å²) < 4.78 is 5.49. The predicted octanol–water partition coefficient (Wildman–Crippen LogP) is 2.13. The second-order valence-corrected chi connectivity index (χ2v) is 5.57. The number of piperidine rings is 1. The van der Waals surface area contributed by atoms with Crippen LogP contribution in [0.1, 0.15) is 18.4 Å². The summed E-state index contributed by atoms with van der Waals surface area (Å²) in [5.41, 5.74) is 4.83. The van der Waals surface area contributed by atoms with Crippen molar-refractivity contribution in [2.45, 2.75) is 25.5 Å². The number of para-hydroxylation sites is 1. The smallest absolute Gasteiger partial charge is 0.145 e. The molecule has 3 rings (SSSR count). The van der Waals surface area contributed by atoms with Gasteiger partial charge >= 0.3 is 0 Å². The first-order valence-electron chi connectivity index (χ1n) is 7.40. The SMILES string of the molecule is COC1CCCN(Cc2cc3ccccc3nc2NN)C1. The van der Waals surface area contributed by atoms with E-state index in [0.717, 1.165) is 48.3 Å². The minimum absolute atomic E-state index is 0.335. The molecule has 3 N–H and O–H groups in total. The van der Waals surface area contributed by atoms with Gasteiger partial charge in [-0.3, -0.25) is 4.90 Å². The van der Waals surface area contributed by atoms with E-state index in [-0.39, 0.29) is 0 Å². The zero-order valence-corrected chi connectivity index (χ0v) is 12.4. The summed E-state index contributed by atoms with van der Waals surface area (Å²) in [4.78, 5) is 7.01. The normalized spacial score (nSPS) is 19.8. The molecule has 0 bridgehead atoms. The van der Waals surface area contributed by atoms with E-state index >= 15 is 0 Å². The first-order valence-corrected chi connectivity index (χ1v) is 7.40. The van der Waals surface area contributed by atoms with Crippen LogP contribution in [0.5, 0.6) is 0 Å². The number of rotatable bonds is 4. The molecule has 2 heterocycles. The number of hydrogen-bond donors (Lipinski definition) is 2. The Morgan fingerprint density at radius 1 is 1.43 bits per heavy atom. The lowest BCUT2D eigenvalue weighted by atomic mass is 10.1. The van der Waals surface area contributed by atoms with E-state index in [9.17, 15) is 0 Å². The Hall–Kier alpha value is -1.69. The summed E-state index contributed by atoms with van der Waals surface area (Å²) in [5, 5.41) is 1.15. The quantitative estimate of drug-likeness (QED) is 0.666. The molecule has 1 unspecified atom stereocenters. The number of methoxy groups -OCH3 is 1. The molecule has 1 saturated heterocycles. The molecule has 0 spiro atoms. The van der Waals surface area contributed by atoms with Crippen LogP contribution < -0.4 is 11.3 Å². The molecule has 1 aliphatic heterocycles. The topological polar surface area (TPSA) is 63.4 Å². The van der Waals surface area contributed by atoms with Crippen molar-refractivity contribution in [2.24, 2.45) is 5.84 Å². The van der Waals surface area contributed by atoms with Gasteiger partial charge in [0.15, 0.2) is 0 Å². The third kappa shape index (κ3) is 3.15. The maximum absolute atomic E-state index is 5.64. The fourth-order valence-electron chi connectivity index (χ4n) is 3.00. The van der Waals surface area contributed by atoms with Gasteiger partial charge in [0.05, 0.1) is 11.6 Å². The molecule has 0 amide bonds. The van der Waals surface area contributed by atoms with Gasteiger partial charge in [-0.25, -0.2) is 10.8 Å². The highest BCUT2D eigenvalue weighted by Gasteiger charge is 2.20. The predicted molar refractivity (Wildman–Crippen MR) is 84.9 cm³/mol. The van der Waals surface area contributed by atoms with E-state index in [1.807, 2.05) is 18.2 Å². The first kappa shape index (κ1) is 14.3. The van der Waals surface area contributed by atoms with E-state index in [2.05, 4.69) is 27.4 Å². The standard InChI is InChI=1S/C16H22N4O/c1-21-14-6-4-8-20(11-14)10-13-9-12-5-2-3-7-15(12)18-16(13)19-17/h2-3,5,7,9,14H,4,6,8,10-11,17H2,1H3,(H,18,19). The van der Waals surface area contributed by atoms with E-state index < -0.39 is 0 Å². The Labute approximate surface area is 125 Å². The number of pyridine rings is 1. The van der Waals surface area contributed by atoms with Gasteiger partial charge in [0, 0.05) is 31.1 Å². The van der Waals surface area contributed by atoms with Crippen LogP contribution in [-0.4, -0.2) is 36.2 Å². The molecular formula is C16H22N4O. The Morgan fingerprint density at radius 2 is 2.29 bits per heavy atom. The number of anilines is 1. The number of likely N-dealkylation sites (tertiary alicyclic amines) is 1.